The van der Waals surface area contributed by atoms with E-state index in [1.165, 1.54) is 17.7 Å². The summed E-state index contributed by atoms with van der Waals surface area (Å²) in [5, 5.41) is 4.30. The minimum absolute atomic E-state index is 0.827. The van der Waals surface area contributed by atoms with Crippen LogP contribution in [0.3, 0.4) is 0 Å². The van der Waals surface area contributed by atoms with E-state index in [1.807, 2.05) is 12.3 Å². The van der Waals surface area contributed by atoms with Gasteiger partial charge in [-0.2, -0.15) is 5.10 Å². The lowest BCUT2D eigenvalue weighted by atomic mass is 10.2. The summed E-state index contributed by atoms with van der Waals surface area (Å²) in [4.78, 5) is 8.59. The van der Waals surface area contributed by atoms with Gasteiger partial charge in [0.2, 0.25) is 0 Å². The van der Waals surface area contributed by atoms with Crippen LogP contribution in [0.15, 0.2) is 23.2 Å². The van der Waals surface area contributed by atoms with Crippen molar-refractivity contribution in [3.8, 4) is 5.82 Å². The molecule has 0 saturated heterocycles. The molecule has 0 spiro atoms. The fourth-order valence-electron chi connectivity index (χ4n) is 1.96. The van der Waals surface area contributed by atoms with Crippen molar-refractivity contribution in [3.63, 3.8) is 0 Å². The molecule has 4 nitrogen and oxygen atoms in total. The third-order valence-corrected chi connectivity index (χ3v) is 3.05. The summed E-state index contributed by atoms with van der Waals surface area (Å²) in [5.41, 5.74) is 2.42. The van der Waals surface area contributed by atoms with Crippen LogP contribution in [0.4, 0.5) is 0 Å². The molecule has 0 bridgehead atoms. The molecule has 2 aromatic heterocycles. The zero-order valence-corrected chi connectivity index (χ0v) is 9.61. The molecule has 15 heavy (non-hydrogen) atoms. The van der Waals surface area contributed by atoms with Crippen LogP contribution in [0.5, 0.6) is 0 Å². The fourth-order valence-corrected chi connectivity index (χ4v) is 2.25. The molecule has 1 aliphatic carbocycles. The van der Waals surface area contributed by atoms with Gasteiger partial charge in [-0.25, -0.2) is 14.6 Å². The molecular weight excluding hydrogens is 256 g/mol. The Hall–Kier alpha value is -1.23. The van der Waals surface area contributed by atoms with E-state index in [0.717, 1.165) is 23.3 Å². The molecule has 0 amide bonds. The molecular formula is C10H9BrN4. The molecule has 0 radical (unpaired) electrons. The highest BCUT2D eigenvalue weighted by molar-refractivity contribution is 9.10. The maximum atomic E-state index is 4.30. The van der Waals surface area contributed by atoms with Gasteiger partial charge in [-0.05, 0) is 41.3 Å². The Balaban J connectivity index is 2.16. The van der Waals surface area contributed by atoms with Crippen molar-refractivity contribution >= 4 is 15.9 Å². The van der Waals surface area contributed by atoms with Crippen molar-refractivity contribution in [2.24, 2.45) is 0 Å². The van der Waals surface area contributed by atoms with Gasteiger partial charge in [-0.15, -0.1) is 0 Å². The van der Waals surface area contributed by atoms with E-state index in [4.69, 9.17) is 0 Å². The summed E-state index contributed by atoms with van der Waals surface area (Å²) in [7, 11) is 0. The van der Waals surface area contributed by atoms with E-state index in [9.17, 15) is 0 Å². The van der Waals surface area contributed by atoms with Crippen molar-refractivity contribution in [1.29, 1.82) is 0 Å². The Morgan fingerprint density at radius 1 is 1.27 bits per heavy atom. The largest absolute Gasteiger partial charge is 0.241 e. The first-order valence-electron chi connectivity index (χ1n) is 4.89. The standard InChI is InChI=1S/C10H9BrN4/c11-9-4-5-15(14-9)10-7-2-1-3-8(7)12-6-13-10/h4-6H,1-3H2. The minimum Gasteiger partial charge on any atom is -0.241 e. The summed E-state index contributed by atoms with van der Waals surface area (Å²) in [5.74, 6) is 0.920. The van der Waals surface area contributed by atoms with E-state index in [1.54, 1.807) is 11.0 Å². The third-order valence-electron chi connectivity index (χ3n) is 2.63. The molecule has 1 aliphatic rings. The number of aryl methyl sites for hydroxylation is 1. The average Bonchev–Trinajstić information content (AvgIpc) is 2.84. The molecule has 2 aromatic rings. The van der Waals surface area contributed by atoms with Gasteiger partial charge < -0.3 is 0 Å². The summed E-state index contributed by atoms with van der Waals surface area (Å²) in [6, 6.07) is 1.91. The number of aromatic nitrogens is 4. The summed E-state index contributed by atoms with van der Waals surface area (Å²) >= 11 is 3.33. The lowest BCUT2D eigenvalue weighted by Crippen LogP contribution is -2.04. The van der Waals surface area contributed by atoms with Crippen LogP contribution < -0.4 is 0 Å². The summed E-state index contributed by atoms with van der Waals surface area (Å²) < 4.78 is 2.63. The molecule has 0 unspecified atom stereocenters. The van der Waals surface area contributed by atoms with Gasteiger partial charge in [-0.1, -0.05) is 0 Å². The predicted molar refractivity (Wildman–Crippen MR) is 58.9 cm³/mol. The Labute approximate surface area is 95.5 Å². The molecule has 5 heteroatoms. The second-order valence-corrected chi connectivity index (χ2v) is 4.37. The van der Waals surface area contributed by atoms with Crippen LogP contribution in [0.1, 0.15) is 17.7 Å². The lowest BCUT2D eigenvalue weighted by Gasteiger charge is -2.05. The van der Waals surface area contributed by atoms with Crippen LogP contribution >= 0.6 is 15.9 Å². The first-order valence-corrected chi connectivity index (χ1v) is 5.68. The SMILES string of the molecule is Brc1ccn(-c2ncnc3c2CCC3)n1. The minimum atomic E-state index is 0.827. The fraction of sp³-hybridized carbons (Fsp3) is 0.300. The van der Waals surface area contributed by atoms with E-state index in [2.05, 4.69) is 31.0 Å². The van der Waals surface area contributed by atoms with Gasteiger partial charge in [0.1, 0.15) is 10.9 Å². The highest BCUT2D eigenvalue weighted by Gasteiger charge is 2.18. The second kappa shape index (κ2) is 3.41. The highest BCUT2D eigenvalue weighted by atomic mass is 79.9. The van der Waals surface area contributed by atoms with E-state index in [0.29, 0.717) is 0 Å². The normalized spacial score (nSPS) is 14.2. The number of hydrogen-bond acceptors (Lipinski definition) is 3. The zero-order chi connectivity index (χ0) is 10.3. The lowest BCUT2D eigenvalue weighted by molar-refractivity contribution is 0.812. The predicted octanol–water partition coefficient (Wildman–Crippen LogP) is 1.91. The Bertz CT molecular complexity index is 506. The first-order chi connectivity index (χ1) is 7.34. The van der Waals surface area contributed by atoms with Gasteiger partial charge in [0.05, 0.1) is 0 Å². The molecule has 0 fully saturated rings. The maximum Gasteiger partial charge on any atom is 0.160 e. The van der Waals surface area contributed by atoms with E-state index < -0.39 is 0 Å². The number of fused-ring (bicyclic) bond motifs is 1. The van der Waals surface area contributed by atoms with Crippen molar-refractivity contribution in [2.45, 2.75) is 19.3 Å². The molecule has 0 saturated carbocycles. The summed E-state index contributed by atoms with van der Waals surface area (Å²) in [6.45, 7) is 0. The smallest absolute Gasteiger partial charge is 0.160 e. The third kappa shape index (κ3) is 1.47. The second-order valence-electron chi connectivity index (χ2n) is 3.56. The van der Waals surface area contributed by atoms with Crippen molar-refractivity contribution in [3.05, 3.63) is 34.5 Å². The van der Waals surface area contributed by atoms with Crippen LogP contribution in [0.2, 0.25) is 0 Å². The zero-order valence-electron chi connectivity index (χ0n) is 8.02. The van der Waals surface area contributed by atoms with Crippen molar-refractivity contribution in [1.82, 2.24) is 19.7 Å². The topological polar surface area (TPSA) is 43.6 Å². The van der Waals surface area contributed by atoms with Gasteiger partial charge in [0, 0.05) is 17.5 Å². The highest BCUT2D eigenvalue weighted by Crippen LogP contribution is 2.24. The van der Waals surface area contributed by atoms with Gasteiger partial charge in [0.25, 0.3) is 0 Å². The van der Waals surface area contributed by atoms with Crippen LogP contribution in [-0.2, 0) is 12.8 Å². The molecule has 76 valence electrons. The first kappa shape index (κ1) is 9.03. The van der Waals surface area contributed by atoms with Gasteiger partial charge in [0.15, 0.2) is 5.82 Å². The molecule has 0 aliphatic heterocycles. The van der Waals surface area contributed by atoms with Crippen LogP contribution in [-0.4, -0.2) is 19.7 Å². The Morgan fingerprint density at radius 2 is 2.20 bits per heavy atom. The number of halogens is 1. The van der Waals surface area contributed by atoms with Crippen LogP contribution in [0, 0.1) is 0 Å². The molecule has 2 heterocycles. The van der Waals surface area contributed by atoms with E-state index in [-0.39, 0.29) is 0 Å². The molecule has 0 N–H and O–H groups in total. The van der Waals surface area contributed by atoms with Gasteiger partial charge in [-0.3, -0.25) is 0 Å². The number of rotatable bonds is 1. The molecule has 3 rings (SSSR count). The van der Waals surface area contributed by atoms with Crippen LogP contribution in [0.25, 0.3) is 5.82 Å². The molecule has 0 aromatic carbocycles. The molecule has 0 atom stereocenters. The summed E-state index contributed by atoms with van der Waals surface area (Å²) in [6.07, 6.45) is 6.82. The van der Waals surface area contributed by atoms with E-state index >= 15 is 0 Å². The van der Waals surface area contributed by atoms with Crippen molar-refractivity contribution in [2.75, 3.05) is 0 Å². The Kier molecular flexibility index (Phi) is 2.05. The monoisotopic (exact) mass is 264 g/mol. The number of hydrogen-bond donors (Lipinski definition) is 0. The number of nitrogens with zero attached hydrogens (tertiary/aromatic N) is 4. The quantitative estimate of drug-likeness (QED) is 0.791. The maximum absolute atomic E-state index is 4.30. The average molecular weight is 265 g/mol. The van der Waals surface area contributed by atoms with Gasteiger partial charge >= 0.3 is 0 Å². The van der Waals surface area contributed by atoms with Crippen molar-refractivity contribution < 1.29 is 0 Å². The Morgan fingerprint density at radius 3 is 3.00 bits per heavy atom.